The fraction of sp³-hybridized carbons (Fsp3) is 0.292. The van der Waals surface area contributed by atoms with E-state index in [1.807, 2.05) is 19.1 Å². The van der Waals surface area contributed by atoms with Crippen molar-refractivity contribution in [3.05, 3.63) is 69.0 Å². The number of ether oxygens (including phenoxy) is 1. The van der Waals surface area contributed by atoms with Crippen molar-refractivity contribution in [3.63, 3.8) is 0 Å². The van der Waals surface area contributed by atoms with Gasteiger partial charge in [-0.2, -0.15) is 0 Å². The zero-order chi connectivity index (χ0) is 22.9. The van der Waals surface area contributed by atoms with Crippen LogP contribution in [0.15, 0.2) is 51.9 Å². The average Bonchev–Trinajstić information content (AvgIpc) is 3.29. The molecule has 33 heavy (non-hydrogen) atoms. The summed E-state index contributed by atoms with van der Waals surface area (Å²) in [6.45, 7) is 5.89. The van der Waals surface area contributed by atoms with Crippen molar-refractivity contribution in [2.45, 2.75) is 6.92 Å². The highest BCUT2D eigenvalue weighted by Crippen LogP contribution is 2.36. The second-order valence-electron chi connectivity index (χ2n) is 7.92. The van der Waals surface area contributed by atoms with Crippen molar-refractivity contribution in [1.29, 1.82) is 0 Å². The van der Waals surface area contributed by atoms with Crippen molar-refractivity contribution < 1.29 is 13.9 Å². The van der Waals surface area contributed by atoms with Crippen LogP contribution < -0.4 is 10.3 Å². The highest BCUT2D eigenvalue weighted by molar-refractivity contribution is 7.23. The third-order valence-electron chi connectivity index (χ3n) is 5.82. The van der Waals surface area contributed by atoms with E-state index in [4.69, 9.17) is 25.7 Å². The summed E-state index contributed by atoms with van der Waals surface area (Å²) >= 11 is 7.76. The predicted octanol–water partition coefficient (Wildman–Crippen LogP) is 4.34. The van der Waals surface area contributed by atoms with E-state index in [9.17, 15) is 9.59 Å². The Morgan fingerprint density at radius 2 is 2.00 bits per heavy atom. The van der Waals surface area contributed by atoms with Gasteiger partial charge >= 0.3 is 0 Å². The lowest BCUT2D eigenvalue weighted by Gasteiger charge is -2.29. The highest BCUT2D eigenvalue weighted by atomic mass is 35.5. The maximum atomic E-state index is 13.7. The molecule has 0 aliphatic carbocycles. The van der Waals surface area contributed by atoms with E-state index in [0.717, 1.165) is 28.9 Å². The van der Waals surface area contributed by atoms with Gasteiger partial charge in [0.15, 0.2) is 5.13 Å². The van der Waals surface area contributed by atoms with Crippen molar-refractivity contribution in [2.24, 2.45) is 0 Å². The van der Waals surface area contributed by atoms with Gasteiger partial charge in [-0.1, -0.05) is 41.1 Å². The maximum absolute atomic E-state index is 13.7. The van der Waals surface area contributed by atoms with Crippen LogP contribution in [0.25, 0.3) is 21.2 Å². The van der Waals surface area contributed by atoms with E-state index in [0.29, 0.717) is 47.4 Å². The molecule has 2 aromatic heterocycles. The molecule has 0 N–H and O–H groups in total. The number of aromatic nitrogens is 1. The van der Waals surface area contributed by atoms with Crippen LogP contribution in [0.1, 0.15) is 15.9 Å². The molecule has 5 rings (SSSR count). The lowest BCUT2D eigenvalue weighted by molar-refractivity contribution is 0.0391. The summed E-state index contributed by atoms with van der Waals surface area (Å²) < 4.78 is 11.9. The Morgan fingerprint density at radius 1 is 1.21 bits per heavy atom. The molecule has 0 radical (unpaired) electrons. The van der Waals surface area contributed by atoms with Crippen LogP contribution in [0.3, 0.4) is 0 Å². The number of rotatable bonds is 5. The summed E-state index contributed by atoms with van der Waals surface area (Å²) in [5.41, 5.74) is 1.81. The number of morpholine rings is 1. The topological polar surface area (TPSA) is 75.9 Å². The molecule has 2 aromatic carbocycles. The van der Waals surface area contributed by atoms with Crippen LogP contribution in [-0.2, 0) is 4.74 Å². The van der Waals surface area contributed by atoms with Gasteiger partial charge in [0.2, 0.25) is 5.43 Å². The normalized spacial score (nSPS) is 14.7. The molecule has 1 amide bonds. The molecule has 0 bridgehead atoms. The SMILES string of the molecule is Cc1ccc(Cl)c2sc(N(CCN3CCOCC3)C(=O)c3coc4ccccc4c3=O)nc12. The van der Waals surface area contributed by atoms with Crippen molar-refractivity contribution in [1.82, 2.24) is 9.88 Å². The van der Waals surface area contributed by atoms with E-state index in [1.54, 1.807) is 29.2 Å². The molecule has 1 fully saturated rings. The summed E-state index contributed by atoms with van der Waals surface area (Å²) in [6, 6.07) is 10.7. The summed E-state index contributed by atoms with van der Waals surface area (Å²) in [5.74, 6) is -0.435. The lowest BCUT2D eigenvalue weighted by atomic mass is 10.1. The number of fused-ring (bicyclic) bond motifs is 2. The number of amides is 1. The average molecular weight is 484 g/mol. The predicted molar refractivity (Wildman–Crippen MR) is 131 cm³/mol. The Morgan fingerprint density at radius 3 is 2.79 bits per heavy atom. The number of nitrogens with zero attached hydrogens (tertiary/aromatic N) is 3. The smallest absolute Gasteiger partial charge is 0.267 e. The van der Waals surface area contributed by atoms with Gasteiger partial charge in [-0.3, -0.25) is 19.4 Å². The van der Waals surface area contributed by atoms with E-state index in [2.05, 4.69) is 4.90 Å². The third-order valence-corrected chi connectivity index (χ3v) is 7.35. The second kappa shape index (κ2) is 9.23. The van der Waals surface area contributed by atoms with Gasteiger partial charge in [-0.05, 0) is 30.7 Å². The molecular weight excluding hydrogens is 462 g/mol. The Bertz CT molecular complexity index is 1350. The number of aryl methyl sites for hydroxylation is 1. The first-order valence-corrected chi connectivity index (χ1v) is 11.9. The Hall–Kier alpha value is -2.78. The van der Waals surface area contributed by atoms with Crippen LogP contribution in [0.2, 0.25) is 5.02 Å². The van der Waals surface area contributed by atoms with Crippen LogP contribution in [-0.4, -0.2) is 55.2 Å². The summed E-state index contributed by atoms with van der Waals surface area (Å²) in [6.07, 6.45) is 1.25. The van der Waals surface area contributed by atoms with Crippen molar-refractivity contribution >= 4 is 55.2 Å². The number of carbonyl (C=O) groups is 1. The lowest BCUT2D eigenvalue weighted by Crippen LogP contribution is -2.44. The molecule has 7 nitrogen and oxygen atoms in total. The fourth-order valence-electron chi connectivity index (χ4n) is 3.93. The van der Waals surface area contributed by atoms with Gasteiger partial charge < -0.3 is 9.15 Å². The molecule has 0 unspecified atom stereocenters. The van der Waals surface area contributed by atoms with Gasteiger partial charge in [0.1, 0.15) is 17.4 Å². The quantitative estimate of drug-likeness (QED) is 0.420. The molecule has 170 valence electrons. The Labute approximate surface area is 199 Å². The van der Waals surface area contributed by atoms with Crippen LogP contribution in [0.4, 0.5) is 5.13 Å². The molecule has 0 atom stereocenters. The minimum absolute atomic E-state index is 0.0160. The van der Waals surface area contributed by atoms with Crippen LogP contribution in [0.5, 0.6) is 0 Å². The molecule has 9 heteroatoms. The molecule has 3 heterocycles. The minimum atomic E-state index is -0.435. The Kier molecular flexibility index (Phi) is 6.16. The number of hydrogen-bond acceptors (Lipinski definition) is 7. The number of thiazole rings is 1. The second-order valence-corrected chi connectivity index (χ2v) is 9.31. The fourth-order valence-corrected chi connectivity index (χ4v) is 5.27. The highest BCUT2D eigenvalue weighted by Gasteiger charge is 2.26. The first-order valence-electron chi connectivity index (χ1n) is 10.7. The van der Waals surface area contributed by atoms with Crippen molar-refractivity contribution in [3.8, 4) is 0 Å². The van der Waals surface area contributed by atoms with Crippen molar-refractivity contribution in [2.75, 3.05) is 44.3 Å². The molecule has 4 aromatic rings. The number of benzene rings is 2. The van der Waals surface area contributed by atoms with Gasteiger partial charge in [0.05, 0.1) is 33.8 Å². The monoisotopic (exact) mass is 483 g/mol. The molecule has 0 saturated carbocycles. The summed E-state index contributed by atoms with van der Waals surface area (Å²) in [4.78, 5) is 35.3. The number of halogens is 1. The first-order chi connectivity index (χ1) is 16.0. The molecule has 0 spiro atoms. The number of anilines is 1. The molecule has 1 saturated heterocycles. The van der Waals surface area contributed by atoms with Gasteiger partial charge in [0, 0.05) is 26.2 Å². The summed E-state index contributed by atoms with van der Waals surface area (Å²) in [5, 5.41) is 1.47. The third kappa shape index (κ3) is 4.27. The van der Waals surface area contributed by atoms with E-state index in [-0.39, 0.29) is 11.0 Å². The number of carbonyl (C=O) groups excluding carboxylic acids is 1. The van der Waals surface area contributed by atoms with Crippen LogP contribution >= 0.6 is 22.9 Å². The maximum Gasteiger partial charge on any atom is 0.267 e. The van der Waals surface area contributed by atoms with E-state index < -0.39 is 5.91 Å². The largest absolute Gasteiger partial charge is 0.463 e. The van der Waals surface area contributed by atoms with Gasteiger partial charge in [-0.25, -0.2) is 4.98 Å². The first kappa shape index (κ1) is 22.0. The van der Waals surface area contributed by atoms with E-state index >= 15 is 0 Å². The molecule has 1 aliphatic heterocycles. The van der Waals surface area contributed by atoms with E-state index in [1.165, 1.54) is 17.6 Å². The zero-order valence-electron chi connectivity index (χ0n) is 18.0. The summed E-state index contributed by atoms with van der Waals surface area (Å²) in [7, 11) is 0. The van der Waals surface area contributed by atoms with Gasteiger partial charge in [0.25, 0.3) is 5.91 Å². The standard InChI is InChI=1S/C24H22ClN3O4S/c1-15-6-7-18(25)22-20(15)26-24(33-22)28(9-8-27-10-12-31-13-11-27)23(30)17-14-32-19-5-3-2-4-16(19)21(17)29/h2-7,14H,8-13H2,1H3. The van der Waals surface area contributed by atoms with Crippen LogP contribution in [0, 0.1) is 6.92 Å². The van der Waals surface area contributed by atoms with Gasteiger partial charge in [-0.15, -0.1) is 0 Å². The minimum Gasteiger partial charge on any atom is -0.463 e. The Balaban J connectivity index is 1.55. The number of hydrogen-bond donors (Lipinski definition) is 0. The zero-order valence-corrected chi connectivity index (χ0v) is 19.6. The molecule has 1 aliphatic rings. The number of para-hydroxylation sites is 1. The molecular formula is C24H22ClN3O4S.